The Hall–Kier alpha value is -2.72. The zero-order chi connectivity index (χ0) is 20.4. The lowest BCUT2D eigenvalue weighted by Crippen LogP contribution is -2.40. The summed E-state index contributed by atoms with van der Waals surface area (Å²) >= 11 is 1.26. The van der Waals surface area contributed by atoms with Crippen molar-refractivity contribution in [3.05, 3.63) is 51.2 Å². The number of rotatable bonds is 6. The van der Waals surface area contributed by atoms with E-state index < -0.39 is 22.2 Å². The molecule has 0 bridgehead atoms. The number of amidine groups is 1. The number of aliphatic imine (C=N–C) groups is 1. The van der Waals surface area contributed by atoms with Crippen LogP contribution in [-0.4, -0.2) is 52.4 Å². The molecule has 1 fully saturated rings. The molecule has 0 radical (unpaired) electrons. The highest BCUT2D eigenvalue weighted by molar-refractivity contribution is 8.15. The minimum Gasteiger partial charge on any atom is -0.460 e. The molecule has 3 rings (SSSR count). The van der Waals surface area contributed by atoms with Crippen molar-refractivity contribution in [3.8, 4) is 0 Å². The number of allylic oxidation sites excluding steroid dienone is 1. The number of thioether (sulfide) groups is 1. The topological polar surface area (TPSA) is 111 Å². The summed E-state index contributed by atoms with van der Waals surface area (Å²) in [6, 6.07) is 5.09. The number of nitrogens with zero attached hydrogens (tertiary/aromatic N) is 3. The van der Waals surface area contributed by atoms with Gasteiger partial charge in [0.05, 0.1) is 33.6 Å². The van der Waals surface area contributed by atoms with Crippen LogP contribution < -0.4 is 0 Å². The van der Waals surface area contributed by atoms with Crippen LogP contribution in [0.1, 0.15) is 25.5 Å². The van der Waals surface area contributed by atoms with E-state index in [0.717, 1.165) is 0 Å². The number of esters is 1. The predicted molar refractivity (Wildman–Crippen MR) is 103 cm³/mol. The van der Waals surface area contributed by atoms with Gasteiger partial charge in [-0.1, -0.05) is 23.9 Å². The molecule has 10 heteroatoms. The summed E-state index contributed by atoms with van der Waals surface area (Å²) in [6.07, 6.45) is 0. The summed E-state index contributed by atoms with van der Waals surface area (Å²) in [4.78, 5) is 42.4. The van der Waals surface area contributed by atoms with E-state index in [-0.39, 0.29) is 35.9 Å². The number of carbonyl (C=O) groups is 2. The molecule has 1 saturated heterocycles. The largest absolute Gasteiger partial charge is 0.460 e. The molecule has 0 aromatic heterocycles. The lowest BCUT2D eigenvalue weighted by atomic mass is 9.93. The van der Waals surface area contributed by atoms with Crippen molar-refractivity contribution in [1.82, 2.24) is 4.90 Å². The molecule has 2 aliphatic heterocycles. The second-order valence-electron chi connectivity index (χ2n) is 6.21. The van der Waals surface area contributed by atoms with E-state index in [1.54, 1.807) is 26.0 Å². The second kappa shape index (κ2) is 8.11. The number of hydrogen-bond donors (Lipinski definition) is 0. The van der Waals surface area contributed by atoms with Gasteiger partial charge in [0, 0.05) is 13.2 Å². The number of hydrogen-bond acceptors (Lipinski definition) is 8. The average Bonchev–Trinajstić information content (AvgIpc) is 2.94. The Balaban J connectivity index is 2.13. The van der Waals surface area contributed by atoms with Crippen LogP contribution in [0.25, 0.3) is 0 Å². The first kappa shape index (κ1) is 20.0. The van der Waals surface area contributed by atoms with Crippen LogP contribution in [0.3, 0.4) is 0 Å². The normalized spacial score (nSPS) is 21.5. The fourth-order valence-electron chi connectivity index (χ4n) is 3.14. The molecule has 2 heterocycles. The second-order valence-corrected chi connectivity index (χ2v) is 7.52. The predicted octanol–water partition coefficient (Wildman–Crippen LogP) is 2.43. The van der Waals surface area contributed by atoms with Gasteiger partial charge in [0.1, 0.15) is 12.6 Å². The summed E-state index contributed by atoms with van der Waals surface area (Å²) in [5.74, 6) is -0.945. The molecule has 28 heavy (non-hydrogen) atoms. The summed E-state index contributed by atoms with van der Waals surface area (Å²) in [5.41, 5.74) is 0.533. The van der Waals surface area contributed by atoms with Gasteiger partial charge in [-0.25, -0.2) is 9.79 Å². The number of methoxy groups -OCH3 is 1. The fraction of sp³-hybridized carbons (Fsp3) is 0.389. The average molecular weight is 405 g/mol. The molecule has 0 saturated carbocycles. The minimum absolute atomic E-state index is 0.0192. The van der Waals surface area contributed by atoms with E-state index in [4.69, 9.17) is 9.47 Å². The Kier molecular flexibility index (Phi) is 5.80. The molecule has 2 aliphatic rings. The number of nitro groups is 1. The Morgan fingerprint density at radius 1 is 1.36 bits per heavy atom. The SMILES string of the molecule is COCCOC(=O)C1=C(C)N=C2S[C@H](C)C(=O)N2[C@@H]1c1ccccc1[N+](=O)[O-]. The van der Waals surface area contributed by atoms with Crippen LogP contribution in [0, 0.1) is 10.1 Å². The molecular weight excluding hydrogens is 386 g/mol. The van der Waals surface area contributed by atoms with Gasteiger partial charge < -0.3 is 9.47 Å². The molecule has 1 amide bonds. The van der Waals surface area contributed by atoms with Crippen LogP contribution in [0.15, 0.2) is 40.5 Å². The first-order valence-corrected chi connectivity index (χ1v) is 9.43. The van der Waals surface area contributed by atoms with Gasteiger partial charge in [0.15, 0.2) is 5.17 Å². The molecule has 0 aliphatic carbocycles. The number of fused-ring (bicyclic) bond motifs is 1. The molecule has 0 N–H and O–H groups in total. The number of amides is 1. The lowest BCUT2D eigenvalue weighted by Gasteiger charge is -2.32. The third kappa shape index (κ3) is 3.52. The quantitative estimate of drug-likeness (QED) is 0.309. The van der Waals surface area contributed by atoms with Crippen LogP contribution in [0.4, 0.5) is 5.69 Å². The molecule has 0 spiro atoms. The Morgan fingerprint density at radius 3 is 2.75 bits per heavy atom. The van der Waals surface area contributed by atoms with E-state index in [1.165, 1.54) is 35.9 Å². The molecule has 1 aromatic rings. The van der Waals surface area contributed by atoms with Crippen molar-refractivity contribution >= 4 is 34.5 Å². The highest BCUT2D eigenvalue weighted by Crippen LogP contribution is 2.45. The smallest absolute Gasteiger partial charge is 0.338 e. The Bertz CT molecular complexity index is 897. The van der Waals surface area contributed by atoms with Crippen molar-refractivity contribution in [3.63, 3.8) is 0 Å². The van der Waals surface area contributed by atoms with Crippen LogP contribution >= 0.6 is 11.8 Å². The highest BCUT2D eigenvalue weighted by atomic mass is 32.2. The number of ether oxygens (including phenoxy) is 2. The van der Waals surface area contributed by atoms with E-state index in [2.05, 4.69) is 4.99 Å². The van der Waals surface area contributed by atoms with Gasteiger partial charge >= 0.3 is 5.97 Å². The standard InChI is InChI=1S/C18H19N3O6S/c1-10-14(17(23)27-9-8-26-3)15(12-6-4-5-7-13(12)21(24)25)20-16(22)11(2)28-18(20)19-10/h4-7,11,15H,8-9H2,1-3H3/t11-,15-/m1/s1. The van der Waals surface area contributed by atoms with Gasteiger partial charge in [-0.3, -0.25) is 19.8 Å². The number of nitro benzene ring substituents is 1. The fourth-order valence-corrected chi connectivity index (χ4v) is 4.17. The van der Waals surface area contributed by atoms with Crippen LogP contribution in [0.5, 0.6) is 0 Å². The lowest BCUT2D eigenvalue weighted by molar-refractivity contribution is -0.385. The van der Waals surface area contributed by atoms with E-state index >= 15 is 0 Å². The van der Waals surface area contributed by atoms with Gasteiger partial charge in [-0.15, -0.1) is 0 Å². The van der Waals surface area contributed by atoms with E-state index in [9.17, 15) is 19.7 Å². The summed E-state index contributed by atoms with van der Waals surface area (Å²) in [6.45, 7) is 3.59. The van der Waals surface area contributed by atoms with Crippen molar-refractivity contribution in [2.45, 2.75) is 25.1 Å². The van der Waals surface area contributed by atoms with E-state index in [1.807, 2.05) is 0 Å². The zero-order valence-corrected chi connectivity index (χ0v) is 16.4. The number of para-hydroxylation sites is 1. The van der Waals surface area contributed by atoms with Crippen LogP contribution in [0.2, 0.25) is 0 Å². The zero-order valence-electron chi connectivity index (χ0n) is 15.6. The Labute approximate surface area is 165 Å². The van der Waals surface area contributed by atoms with Gasteiger partial charge in [-0.05, 0) is 19.9 Å². The summed E-state index contributed by atoms with van der Waals surface area (Å²) < 4.78 is 10.1. The molecule has 0 unspecified atom stereocenters. The maximum absolute atomic E-state index is 12.8. The van der Waals surface area contributed by atoms with Crippen molar-refractivity contribution in [1.29, 1.82) is 0 Å². The minimum atomic E-state index is -0.978. The van der Waals surface area contributed by atoms with Gasteiger partial charge in [0.25, 0.3) is 5.69 Å². The third-order valence-electron chi connectivity index (χ3n) is 4.43. The number of carbonyl (C=O) groups excluding carboxylic acids is 2. The molecule has 9 nitrogen and oxygen atoms in total. The van der Waals surface area contributed by atoms with E-state index in [0.29, 0.717) is 10.9 Å². The van der Waals surface area contributed by atoms with Crippen LogP contribution in [-0.2, 0) is 19.1 Å². The number of benzene rings is 1. The van der Waals surface area contributed by atoms with Crippen molar-refractivity contribution < 1.29 is 24.0 Å². The molecule has 148 valence electrons. The molecule has 2 atom stereocenters. The van der Waals surface area contributed by atoms with Crippen molar-refractivity contribution in [2.75, 3.05) is 20.3 Å². The van der Waals surface area contributed by atoms with Gasteiger partial charge in [0.2, 0.25) is 5.91 Å². The van der Waals surface area contributed by atoms with Gasteiger partial charge in [-0.2, -0.15) is 0 Å². The monoisotopic (exact) mass is 405 g/mol. The highest BCUT2D eigenvalue weighted by Gasteiger charge is 2.48. The maximum Gasteiger partial charge on any atom is 0.338 e. The molecular formula is C18H19N3O6S. The van der Waals surface area contributed by atoms with Crippen molar-refractivity contribution in [2.24, 2.45) is 4.99 Å². The third-order valence-corrected chi connectivity index (χ3v) is 5.48. The molecule has 1 aromatic carbocycles. The Morgan fingerprint density at radius 2 is 2.07 bits per heavy atom. The first-order chi connectivity index (χ1) is 13.4. The summed E-state index contributed by atoms with van der Waals surface area (Å²) in [5, 5.41) is 11.6. The maximum atomic E-state index is 12.8. The first-order valence-electron chi connectivity index (χ1n) is 8.55. The summed E-state index contributed by atoms with van der Waals surface area (Å²) in [7, 11) is 1.48.